The molecule has 1 heterocycles. The maximum absolute atomic E-state index is 13.7. The fourth-order valence-corrected chi connectivity index (χ4v) is 2.79. The molecule has 2 aromatic rings. The summed E-state index contributed by atoms with van der Waals surface area (Å²) >= 11 is 0. The van der Waals surface area contributed by atoms with Gasteiger partial charge in [0.2, 0.25) is 0 Å². The molecule has 0 aliphatic carbocycles. The van der Waals surface area contributed by atoms with E-state index in [1.54, 1.807) is 27.7 Å². The summed E-state index contributed by atoms with van der Waals surface area (Å²) in [5.74, 6) is 0.145. The Morgan fingerprint density at radius 3 is 2.07 bits per heavy atom. The van der Waals surface area contributed by atoms with Gasteiger partial charge in [-0.25, -0.2) is 0 Å². The molecule has 3 rings (SSSR count). The fraction of sp³-hybridized carbons (Fsp3) is 0.400. The molecule has 0 spiro atoms. The molecule has 0 aromatic heterocycles. The van der Waals surface area contributed by atoms with Crippen LogP contribution in [0.4, 0.5) is 13.2 Å². The van der Waals surface area contributed by atoms with Crippen LogP contribution < -0.4 is 10.2 Å². The topological polar surface area (TPSA) is 27.7 Å². The largest absolute Gasteiger partial charge is 0.495 e. The van der Waals surface area contributed by atoms with Gasteiger partial charge in [0.1, 0.15) is 12.4 Å². The van der Waals surface area contributed by atoms with Gasteiger partial charge in [-0.15, -0.1) is 0 Å². The maximum atomic E-state index is 13.7. The third-order valence-corrected chi connectivity index (χ3v) is 5.09. The Balaban J connectivity index is 1.87. The lowest BCUT2D eigenvalue weighted by Crippen LogP contribution is -2.41. The molecule has 0 saturated carbocycles. The molecule has 1 saturated heterocycles. The van der Waals surface area contributed by atoms with Crippen molar-refractivity contribution in [2.75, 3.05) is 0 Å². The van der Waals surface area contributed by atoms with Gasteiger partial charge in [-0.05, 0) is 50.9 Å². The smallest absolute Gasteiger partial charge is 0.489 e. The molecular formula is C20H22BF3O3. The van der Waals surface area contributed by atoms with Gasteiger partial charge in [-0.3, -0.25) is 0 Å². The first-order chi connectivity index (χ1) is 12.5. The molecule has 0 bridgehead atoms. The van der Waals surface area contributed by atoms with Gasteiger partial charge in [-0.1, -0.05) is 36.4 Å². The van der Waals surface area contributed by atoms with Crippen molar-refractivity contribution in [1.82, 2.24) is 0 Å². The van der Waals surface area contributed by atoms with E-state index in [2.05, 4.69) is 0 Å². The minimum Gasteiger partial charge on any atom is -0.489 e. The van der Waals surface area contributed by atoms with Crippen molar-refractivity contribution < 1.29 is 27.2 Å². The Hall–Kier alpha value is -1.99. The highest BCUT2D eigenvalue weighted by Gasteiger charge is 2.53. The van der Waals surface area contributed by atoms with E-state index in [1.165, 1.54) is 12.1 Å². The Kier molecular flexibility index (Phi) is 5.03. The minimum atomic E-state index is -4.55. The average molecular weight is 378 g/mol. The summed E-state index contributed by atoms with van der Waals surface area (Å²) in [6.07, 6.45) is -4.55. The Morgan fingerprint density at radius 1 is 0.926 bits per heavy atom. The quantitative estimate of drug-likeness (QED) is 0.729. The molecule has 0 amide bonds. The van der Waals surface area contributed by atoms with Crippen LogP contribution in [0.1, 0.15) is 38.8 Å². The third-order valence-electron chi connectivity index (χ3n) is 5.09. The van der Waals surface area contributed by atoms with E-state index < -0.39 is 30.1 Å². The molecule has 1 fully saturated rings. The van der Waals surface area contributed by atoms with E-state index in [9.17, 15) is 13.2 Å². The van der Waals surface area contributed by atoms with Crippen LogP contribution in [-0.4, -0.2) is 18.3 Å². The summed E-state index contributed by atoms with van der Waals surface area (Å²) in [4.78, 5) is 0. The van der Waals surface area contributed by atoms with Gasteiger partial charge in [0.05, 0.1) is 16.8 Å². The van der Waals surface area contributed by atoms with E-state index in [0.29, 0.717) is 0 Å². The molecular weight excluding hydrogens is 356 g/mol. The molecule has 1 aliphatic rings. The molecule has 0 atom stereocenters. The lowest BCUT2D eigenvalue weighted by Gasteiger charge is -2.32. The third kappa shape index (κ3) is 4.14. The summed E-state index contributed by atoms with van der Waals surface area (Å²) in [7, 11) is -1.09. The van der Waals surface area contributed by atoms with Crippen LogP contribution in [0.2, 0.25) is 0 Å². The summed E-state index contributed by atoms with van der Waals surface area (Å²) in [6.45, 7) is 7.40. The van der Waals surface area contributed by atoms with Gasteiger partial charge in [-0.2, -0.15) is 13.2 Å². The molecule has 1 aliphatic heterocycles. The van der Waals surface area contributed by atoms with Crippen LogP contribution in [0.5, 0.6) is 5.75 Å². The molecule has 7 heteroatoms. The summed E-state index contributed by atoms with van der Waals surface area (Å²) in [6, 6.07) is 13.1. The molecule has 27 heavy (non-hydrogen) atoms. The Bertz CT molecular complexity index is 788. The van der Waals surface area contributed by atoms with E-state index in [-0.39, 0.29) is 17.8 Å². The molecule has 3 nitrogen and oxygen atoms in total. The first-order valence-corrected chi connectivity index (χ1v) is 8.73. The molecule has 0 unspecified atom stereocenters. The van der Waals surface area contributed by atoms with Crippen LogP contribution in [0, 0.1) is 0 Å². The molecule has 2 aromatic carbocycles. The van der Waals surface area contributed by atoms with Crippen LogP contribution in [-0.2, 0) is 22.1 Å². The predicted octanol–water partition coefficient (Wildman–Crippen LogP) is 4.58. The predicted molar refractivity (Wildman–Crippen MR) is 97.9 cm³/mol. The van der Waals surface area contributed by atoms with Crippen molar-refractivity contribution >= 4 is 12.6 Å². The number of halogens is 3. The van der Waals surface area contributed by atoms with Crippen LogP contribution in [0.15, 0.2) is 48.5 Å². The standard InChI is InChI=1S/C20H22BF3O3/c1-18(2)19(3,4)27-21(26-18)17-11-10-15(12-16(17)20(22,23)24)25-13-14-8-6-5-7-9-14/h5-12H,13H2,1-4H3. The monoisotopic (exact) mass is 378 g/mol. The van der Waals surface area contributed by atoms with Crippen molar-refractivity contribution in [2.24, 2.45) is 0 Å². The SMILES string of the molecule is CC1(C)OB(c2ccc(OCc3ccccc3)cc2C(F)(F)F)OC1(C)C. The Labute approximate surface area is 157 Å². The first kappa shape index (κ1) is 19.8. The summed E-state index contributed by atoms with van der Waals surface area (Å²) in [5, 5.41) is 0. The summed E-state index contributed by atoms with van der Waals surface area (Å²) in [5.41, 5.74) is -1.42. The average Bonchev–Trinajstić information content (AvgIpc) is 2.80. The van der Waals surface area contributed by atoms with Crippen LogP contribution in [0.25, 0.3) is 0 Å². The zero-order chi connectivity index (χ0) is 19.9. The fourth-order valence-electron chi connectivity index (χ4n) is 2.79. The van der Waals surface area contributed by atoms with E-state index in [0.717, 1.165) is 11.6 Å². The number of hydrogen-bond donors (Lipinski definition) is 0. The van der Waals surface area contributed by atoms with E-state index in [4.69, 9.17) is 14.0 Å². The summed E-state index contributed by atoms with van der Waals surface area (Å²) < 4.78 is 58.1. The van der Waals surface area contributed by atoms with Gasteiger partial charge in [0.15, 0.2) is 0 Å². The van der Waals surface area contributed by atoms with Crippen molar-refractivity contribution in [3.63, 3.8) is 0 Å². The number of benzene rings is 2. The highest BCUT2D eigenvalue weighted by atomic mass is 19.4. The maximum Gasteiger partial charge on any atom is 0.495 e. The Morgan fingerprint density at radius 2 is 1.52 bits per heavy atom. The number of hydrogen-bond acceptors (Lipinski definition) is 3. The second kappa shape index (κ2) is 6.87. The van der Waals surface area contributed by atoms with Gasteiger partial charge < -0.3 is 14.0 Å². The molecule has 0 radical (unpaired) electrons. The van der Waals surface area contributed by atoms with Gasteiger partial charge in [0.25, 0.3) is 0 Å². The lowest BCUT2D eigenvalue weighted by atomic mass is 9.75. The zero-order valence-electron chi connectivity index (χ0n) is 15.8. The normalized spacial score (nSPS) is 18.6. The zero-order valence-corrected chi connectivity index (χ0v) is 15.8. The number of ether oxygens (including phenoxy) is 1. The van der Waals surface area contributed by atoms with Gasteiger partial charge >= 0.3 is 13.3 Å². The van der Waals surface area contributed by atoms with Crippen LogP contribution in [0.3, 0.4) is 0 Å². The minimum absolute atomic E-state index is 0.0480. The van der Waals surface area contributed by atoms with Crippen molar-refractivity contribution in [3.8, 4) is 5.75 Å². The first-order valence-electron chi connectivity index (χ1n) is 8.73. The van der Waals surface area contributed by atoms with E-state index >= 15 is 0 Å². The van der Waals surface area contributed by atoms with Gasteiger partial charge in [0, 0.05) is 0 Å². The molecule has 144 valence electrons. The highest BCUT2D eigenvalue weighted by molar-refractivity contribution is 6.62. The van der Waals surface area contributed by atoms with Crippen molar-refractivity contribution in [3.05, 3.63) is 59.7 Å². The van der Waals surface area contributed by atoms with Crippen LogP contribution >= 0.6 is 0 Å². The number of rotatable bonds is 4. The molecule has 0 N–H and O–H groups in total. The number of alkyl halides is 3. The second-order valence-electron chi connectivity index (χ2n) is 7.61. The second-order valence-corrected chi connectivity index (χ2v) is 7.61. The van der Waals surface area contributed by atoms with Crippen molar-refractivity contribution in [1.29, 1.82) is 0 Å². The highest BCUT2D eigenvalue weighted by Crippen LogP contribution is 2.38. The van der Waals surface area contributed by atoms with Crippen molar-refractivity contribution in [2.45, 2.75) is 51.7 Å². The van der Waals surface area contributed by atoms with E-state index in [1.807, 2.05) is 30.3 Å². The lowest BCUT2D eigenvalue weighted by molar-refractivity contribution is -0.137.